The van der Waals surface area contributed by atoms with Gasteiger partial charge in [0.25, 0.3) is 0 Å². The average Bonchev–Trinajstić information content (AvgIpc) is 3.00. The number of hydrogen-bond donors (Lipinski definition) is 1. The maximum absolute atomic E-state index is 4.44. The van der Waals surface area contributed by atoms with Crippen molar-refractivity contribution >= 4 is 0 Å². The lowest BCUT2D eigenvalue weighted by Crippen LogP contribution is -2.25. The molecular weight excluding hydrogens is 232 g/mol. The maximum Gasteiger partial charge on any atom is 0.0705 e. The molecule has 0 aliphatic heterocycles. The van der Waals surface area contributed by atoms with Gasteiger partial charge in [0.15, 0.2) is 0 Å². The van der Waals surface area contributed by atoms with E-state index in [1.165, 1.54) is 36.8 Å². The lowest BCUT2D eigenvalue weighted by molar-refractivity contribution is 0.524. The third-order valence-corrected chi connectivity index (χ3v) is 3.81. The molecule has 1 N–H and O–H groups in total. The summed E-state index contributed by atoms with van der Waals surface area (Å²) in [7, 11) is 0. The second-order valence-corrected chi connectivity index (χ2v) is 5.14. The van der Waals surface area contributed by atoms with Crippen LogP contribution in [0.5, 0.6) is 0 Å². The fourth-order valence-corrected chi connectivity index (χ4v) is 2.76. The fraction of sp³-hybridized carbons (Fsp3) is 0.353. The molecule has 0 spiro atoms. The molecule has 3 rings (SSSR count). The van der Waals surface area contributed by atoms with E-state index in [1.807, 2.05) is 30.5 Å². The molecule has 1 fully saturated rings. The molecule has 2 heteroatoms. The van der Waals surface area contributed by atoms with Crippen LogP contribution in [0.1, 0.15) is 31.2 Å². The minimum Gasteiger partial charge on any atom is -0.310 e. The zero-order valence-electron chi connectivity index (χ0n) is 11.1. The van der Waals surface area contributed by atoms with E-state index in [2.05, 4.69) is 28.5 Å². The van der Waals surface area contributed by atoms with Crippen molar-refractivity contribution < 1.29 is 0 Å². The van der Waals surface area contributed by atoms with E-state index in [0.717, 1.165) is 12.2 Å². The summed E-state index contributed by atoms with van der Waals surface area (Å²) in [6.07, 6.45) is 7.19. The Kier molecular flexibility index (Phi) is 3.89. The molecule has 2 aromatic rings. The molecule has 1 aliphatic rings. The number of rotatable bonds is 4. The second kappa shape index (κ2) is 5.98. The highest BCUT2D eigenvalue weighted by atomic mass is 14.9. The molecule has 19 heavy (non-hydrogen) atoms. The summed E-state index contributed by atoms with van der Waals surface area (Å²) >= 11 is 0. The van der Waals surface area contributed by atoms with Crippen LogP contribution >= 0.6 is 0 Å². The molecular formula is C17H19N2. The third kappa shape index (κ3) is 3.02. The molecule has 1 saturated carbocycles. The van der Waals surface area contributed by atoms with Gasteiger partial charge in [0.1, 0.15) is 0 Å². The number of pyridine rings is 1. The molecule has 0 saturated heterocycles. The van der Waals surface area contributed by atoms with E-state index in [4.69, 9.17) is 0 Å². The van der Waals surface area contributed by atoms with Gasteiger partial charge in [-0.15, -0.1) is 0 Å². The van der Waals surface area contributed by atoms with E-state index in [0.29, 0.717) is 6.04 Å². The SMILES string of the molecule is [c]1cccc(-c2ccccn2)c1CNC1CCCC1. The van der Waals surface area contributed by atoms with Crippen LogP contribution in [0.4, 0.5) is 0 Å². The molecule has 0 unspecified atom stereocenters. The van der Waals surface area contributed by atoms with Crippen molar-refractivity contribution in [3.05, 3.63) is 54.2 Å². The van der Waals surface area contributed by atoms with E-state index in [9.17, 15) is 0 Å². The van der Waals surface area contributed by atoms with Crippen LogP contribution in [-0.2, 0) is 6.54 Å². The van der Waals surface area contributed by atoms with E-state index in [-0.39, 0.29) is 0 Å². The normalized spacial score (nSPS) is 15.8. The Morgan fingerprint density at radius 1 is 1.16 bits per heavy atom. The minimum atomic E-state index is 0.685. The number of benzene rings is 1. The standard InChI is InChI=1S/C17H19N2/c1-4-10-16(17-11-5-6-12-18-17)14(7-1)13-19-15-8-2-3-9-15/h1,4-6,10-12,15,19H,2-3,8-9,13H2. The number of nitrogens with one attached hydrogen (secondary N) is 1. The molecule has 0 bridgehead atoms. The third-order valence-electron chi connectivity index (χ3n) is 3.81. The first-order chi connectivity index (χ1) is 9.43. The van der Waals surface area contributed by atoms with Crippen molar-refractivity contribution in [2.24, 2.45) is 0 Å². The van der Waals surface area contributed by atoms with Gasteiger partial charge < -0.3 is 5.32 Å². The lowest BCUT2D eigenvalue weighted by Gasteiger charge is -2.14. The van der Waals surface area contributed by atoms with Gasteiger partial charge >= 0.3 is 0 Å². The number of aromatic nitrogens is 1. The Morgan fingerprint density at radius 2 is 2.05 bits per heavy atom. The molecule has 0 atom stereocenters. The Balaban J connectivity index is 1.77. The molecule has 1 radical (unpaired) electrons. The Hall–Kier alpha value is -1.67. The molecule has 1 aliphatic carbocycles. The van der Waals surface area contributed by atoms with Crippen molar-refractivity contribution in [2.75, 3.05) is 0 Å². The summed E-state index contributed by atoms with van der Waals surface area (Å²) in [5.41, 5.74) is 3.43. The van der Waals surface area contributed by atoms with Gasteiger partial charge in [-0.2, -0.15) is 0 Å². The van der Waals surface area contributed by atoms with Crippen molar-refractivity contribution in [1.29, 1.82) is 0 Å². The number of hydrogen-bond acceptors (Lipinski definition) is 2. The monoisotopic (exact) mass is 251 g/mol. The molecule has 1 aromatic carbocycles. The lowest BCUT2D eigenvalue weighted by atomic mass is 10.0. The average molecular weight is 251 g/mol. The summed E-state index contributed by atoms with van der Waals surface area (Å²) in [5, 5.41) is 3.65. The van der Waals surface area contributed by atoms with Crippen LogP contribution in [0.15, 0.2) is 42.6 Å². The summed E-state index contributed by atoms with van der Waals surface area (Å²) in [4.78, 5) is 4.44. The van der Waals surface area contributed by atoms with Gasteiger partial charge in [-0.1, -0.05) is 37.1 Å². The highest BCUT2D eigenvalue weighted by molar-refractivity contribution is 5.63. The van der Waals surface area contributed by atoms with Crippen molar-refractivity contribution in [3.8, 4) is 11.3 Å². The molecule has 2 nitrogen and oxygen atoms in total. The van der Waals surface area contributed by atoms with Gasteiger partial charge in [-0.25, -0.2) is 0 Å². The van der Waals surface area contributed by atoms with Gasteiger partial charge in [-0.3, -0.25) is 4.98 Å². The zero-order chi connectivity index (χ0) is 12.9. The van der Waals surface area contributed by atoms with Crippen molar-refractivity contribution in [3.63, 3.8) is 0 Å². The van der Waals surface area contributed by atoms with Crippen molar-refractivity contribution in [1.82, 2.24) is 10.3 Å². The molecule has 0 amide bonds. The Bertz CT molecular complexity index is 516. The number of nitrogens with zero attached hydrogens (tertiary/aromatic N) is 1. The molecule has 1 heterocycles. The second-order valence-electron chi connectivity index (χ2n) is 5.14. The van der Waals surface area contributed by atoms with E-state index < -0.39 is 0 Å². The summed E-state index contributed by atoms with van der Waals surface area (Å²) < 4.78 is 0. The van der Waals surface area contributed by atoms with E-state index >= 15 is 0 Å². The van der Waals surface area contributed by atoms with Crippen LogP contribution in [0.3, 0.4) is 0 Å². The Labute approximate surface area is 114 Å². The van der Waals surface area contributed by atoms with Crippen LogP contribution < -0.4 is 5.32 Å². The fourth-order valence-electron chi connectivity index (χ4n) is 2.76. The first-order valence-electron chi connectivity index (χ1n) is 7.08. The first kappa shape index (κ1) is 12.4. The van der Waals surface area contributed by atoms with Crippen LogP contribution in [0, 0.1) is 6.07 Å². The molecule has 1 aromatic heterocycles. The minimum absolute atomic E-state index is 0.685. The predicted molar refractivity (Wildman–Crippen MR) is 77.6 cm³/mol. The highest BCUT2D eigenvalue weighted by Crippen LogP contribution is 2.22. The van der Waals surface area contributed by atoms with Gasteiger partial charge in [-0.05, 0) is 36.6 Å². The van der Waals surface area contributed by atoms with E-state index in [1.54, 1.807) is 0 Å². The summed E-state index contributed by atoms with van der Waals surface area (Å²) in [6.45, 7) is 0.886. The maximum atomic E-state index is 4.44. The highest BCUT2D eigenvalue weighted by Gasteiger charge is 2.14. The van der Waals surface area contributed by atoms with Crippen LogP contribution in [-0.4, -0.2) is 11.0 Å². The largest absolute Gasteiger partial charge is 0.310 e. The Morgan fingerprint density at radius 3 is 2.84 bits per heavy atom. The molecule has 97 valence electrons. The predicted octanol–water partition coefficient (Wildman–Crippen LogP) is 3.58. The van der Waals surface area contributed by atoms with Gasteiger partial charge in [0.05, 0.1) is 5.69 Å². The van der Waals surface area contributed by atoms with Crippen molar-refractivity contribution in [2.45, 2.75) is 38.3 Å². The quantitative estimate of drug-likeness (QED) is 0.898. The summed E-state index contributed by atoms with van der Waals surface area (Å²) in [6, 6.07) is 16.2. The van der Waals surface area contributed by atoms with Crippen LogP contribution in [0.2, 0.25) is 0 Å². The zero-order valence-corrected chi connectivity index (χ0v) is 11.1. The summed E-state index contributed by atoms with van der Waals surface area (Å²) in [5.74, 6) is 0. The first-order valence-corrected chi connectivity index (χ1v) is 7.08. The topological polar surface area (TPSA) is 24.9 Å². The van der Waals surface area contributed by atoms with Gasteiger partial charge in [0, 0.05) is 24.3 Å². The van der Waals surface area contributed by atoms with Gasteiger partial charge in [0.2, 0.25) is 0 Å². The smallest absolute Gasteiger partial charge is 0.0705 e. The van der Waals surface area contributed by atoms with Crippen LogP contribution in [0.25, 0.3) is 11.3 Å².